The van der Waals surface area contributed by atoms with Gasteiger partial charge in [0.05, 0.1) is 6.54 Å². The van der Waals surface area contributed by atoms with Crippen molar-refractivity contribution in [3.8, 4) is 0 Å². The van der Waals surface area contributed by atoms with E-state index in [1.54, 1.807) is 0 Å². The number of aromatic nitrogens is 1. The van der Waals surface area contributed by atoms with Crippen molar-refractivity contribution in [2.75, 3.05) is 32.0 Å². The Morgan fingerprint density at radius 2 is 2.29 bits per heavy atom. The average Bonchev–Trinajstić information content (AvgIpc) is 3.03. The molecule has 3 N–H and O–H groups in total. The lowest BCUT2D eigenvalue weighted by molar-refractivity contribution is -0.165. The van der Waals surface area contributed by atoms with Gasteiger partial charge in [0.15, 0.2) is 10.8 Å². The van der Waals surface area contributed by atoms with Gasteiger partial charge in [-0.05, 0) is 0 Å². The molecule has 0 bridgehead atoms. The number of hydrogen-bond donors (Lipinski definition) is 3. The van der Waals surface area contributed by atoms with Crippen LogP contribution in [0.3, 0.4) is 0 Å². The molecule has 1 fully saturated rings. The summed E-state index contributed by atoms with van der Waals surface area (Å²) in [4.78, 5) is 44.0. The number of hydrogen-bond acceptors (Lipinski definition) is 8. The zero-order valence-corrected chi connectivity index (χ0v) is 14.3. The number of nitrogens with one attached hydrogen (secondary N) is 3. The largest absolute Gasteiger partial charge is 0.398 e. The minimum atomic E-state index is -1.45. The first kappa shape index (κ1) is 18.1. The van der Waals surface area contributed by atoms with Gasteiger partial charge in [0, 0.05) is 12.5 Å². The van der Waals surface area contributed by atoms with Crippen molar-refractivity contribution in [1.82, 2.24) is 15.6 Å². The van der Waals surface area contributed by atoms with Gasteiger partial charge < -0.3 is 25.5 Å². The highest BCUT2D eigenvalue weighted by molar-refractivity contribution is 7.14. The zero-order valence-electron chi connectivity index (χ0n) is 12.7. The van der Waals surface area contributed by atoms with Gasteiger partial charge in [-0.2, -0.15) is 0 Å². The Morgan fingerprint density at radius 1 is 1.54 bits per heavy atom. The summed E-state index contributed by atoms with van der Waals surface area (Å²) in [5.74, 6) is -1.84. The second-order valence-corrected chi connectivity index (χ2v) is 5.64. The van der Waals surface area contributed by atoms with Gasteiger partial charge in [0.2, 0.25) is 11.6 Å². The number of oxime groups is 1. The molecule has 1 unspecified atom stereocenters. The van der Waals surface area contributed by atoms with Crippen LogP contribution in [0.1, 0.15) is 5.69 Å². The fourth-order valence-electron chi connectivity index (χ4n) is 1.77. The number of thiazole rings is 1. The molecule has 1 aliphatic heterocycles. The lowest BCUT2D eigenvalue weighted by atomic mass is 10.1. The standard InChI is InChI=1S/C12H14ClN5O5S/c1-22-12(5-14-10(12)21)17-9(20)8(18-23-2)6-4-24-11(15-6)16-7(19)3-13/h4H,3,5H2,1-2H3,(H,14,21)(H,17,20)(H,15,16,19). The van der Waals surface area contributed by atoms with Crippen LogP contribution in [-0.4, -0.2) is 60.8 Å². The third-order valence-corrected chi connectivity index (χ3v) is 4.04. The van der Waals surface area contributed by atoms with Crippen LogP contribution in [0.2, 0.25) is 0 Å². The number of alkyl halides is 1. The van der Waals surface area contributed by atoms with E-state index >= 15 is 0 Å². The van der Waals surface area contributed by atoms with Gasteiger partial charge in [-0.25, -0.2) is 4.98 Å². The van der Waals surface area contributed by atoms with Crippen LogP contribution in [-0.2, 0) is 24.0 Å². The molecule has 1 saturated heterocycles. The predicted octanol–water partition coefficient (Wildman–Crippen LogP) is -0.740. The van der Waals surface area contributed by atoms with Gasteiger partial charge in [-0.15, -0.1) is 22.9 Å². The number of anilines is 1. The van der Waals surface area contributed by atoms with Crippen molar-refractivity contribution in [2.45, 2.75) is 5.72 Å². The summed E-state index contributed by atoms with van der Waals surface area (Å²) in [6.07, 6.45) is 0. The summed E-state index contributed by atoms with van der Waals surface area (Å²) in [6, 6.07) is 0. The average molecular weight is 376 g/mol. The number of carbonyl (C=O) groups excluding carboxylic acids is 3. The summed E-state index contributed by atoms with van der Waals surface area (Å²) < 4.78 is 5.06. The van der Waals surface area contributed by atoms with E-state index in [4.69, 9.17) is 16.3 Å². The minimum absolute atomic E-state index is 0.127. The minimum Gasteiger partial charge on any atom is -0.398 e. The fourth-order valence-corrected chi connectivity index (χ4v) is 2.55. The number of rotatable bonds is 7. The third kappa shape index (κ3) is 3.63. The first-order valence-electron chi connectivity index (χ1n) is 6.54. The zero-order chi connectivity index (χ0) is 17.7. The molecule has 130 valence electrons. The first-order chi connectivity index (χ1) is 11.5. The van der Waals surface area contributed by atoms with Gasteiger partial charge in [0.25, 0.3) is 11.8 Å². The number of carbonyl (C=O) groups is 3. The molecule has 24 heavy (non-hydrogen) atoms. The van der Waals surface area contributed by atoms with Gasteiger partial charge >= 0.3 is 0 Å². The van der Waals surface area contributed by atoms with Crippen molar-refractivity contribution in [3.63, 3.8) is 0 Å². The summed E-state index contributed by atoms with van der Waals surface area (Å²) in [5, 5.41) is 12.8. The number of amides is 3. The molecular formula is C12H14ClN5O5S. The second kappa shape index (κ2) is 7.55. The highest BCUT2D eigenvalue weighted by atomic mass is 35.5. The molecule has 2 rings (SSSR count). The van der Waals surface area contributed by atoms with Crippen LogP contribution < -0.4 is 16.0 Å². The molecule has 10 nitrogen and oxygen atoms in total. The Hall–Kier alpha value is -2.24. The van der Waals surface area contributed by atoms with Crippen LogP contribution in [0.15, 0.2) is 10.5 Å². The number of methoxy groups -OCH3 is 1. The Labute approximate surface area is 145 Å². The van der Waals surface area contributed by atoms with E-state index in [1.807, 2.05) is 0 Å². The first-order valence-corrected chi connectivity index (χ1v) is 7.96. The smallest absolute Gasteiger partial charge is 0.278 e. The summed E-state index contributed by atoms with van der Waals surface area (Å²) in [5.41, 5.74) is -1.46. The maximum Gasteiger partial charge on any atom is 0.278 e. The Balaban J connectivity index is 2.17. The highest BCUT2D eigenvalue weighted by Gasteiger charge is 2.49. The van der Waals surface area contributed by atoms with Gasteiger partial charge in [-0.1, -0.05) is 5.16 Å². The summed E-state index contributed by atoms with van der Waals surface area (Å²) >= 11 is 6.48. The predicted molar refractivity (Wildman–Crippen MR) is 85.9 cm³/mol. The number of halogens is 1. The summed E-state index contributed by atoms with van der Waals surface area (Å²) in [6.45, 7) is 0.127. The van der Waals surface area contributed by atoms with E-state index < -0.39 is 23.4 Å². The van der Waals surface area contributed by atoms with E-state index in [-0.39, 0.29) is 29.0 Å². The molecule has 1 aliphatic rings. The monoisotopic (exact) mass is 375 g/mol. The van der Waals surface area contributed by atoms with E-state index in [0.29, 0.717) is 0 Å². The molecule has 3 amide bonds. The Morgan fingerprint density at radius 3 is 2.79 bits per heavy atom. The SMILES string of the molecule is CON=C(C(=O)NC1(OC)CNC1=O)c1csc(NC(=O)CCl)n1. The topological polar surface area (TPSA) is 131 Å². The van der Waals surface area contributed by atoms with Gasteiger partial charge in [-0.3, -0.25) is 14.4 Å². The van der Waals surface area contributed by atoms with Crippen molar-refractivity contribution in [3.05, 3.63) is 11.1 Å². The molecule has 0 radical (unpaired) electrons. The molecule has 1 atom stereocenters. The normalized spacial score (nSPS) is 20.0. The lowest BCUT2D eigenvalue weighted by Crippen LogP contribution is -2.74. The number of β-lactam (4-membered cyclic amide) rings is 1. The molecular weight excluding hydrogens is 362 g/mol. The van der Waals surface area contributed by atoms with Crippen LogP contribution in [0.5, 0.6) is 0 Å². The maximum absolute atomic E-state index is 12.4. The number of ether oxygens (including phenoxy) is 1. The van der Waals surface area contributed by atoms with E-state index in [2.05, 4.69) is 30.9 Å². The highest BCUT2D eigenvalue weighted by Crippen LogP contribution is 2.18. The van der Waals surface area contributed by atoms with Gasteiger partial charge in [0.1, 0.15) is 18.7 Å². The van der Waals surface area contributed by atoms with E-state index in [9.17, 15) is 14.4 Å². The van der Waals surface area contributed by atoms with Crippen molar-refractivity contribution in [1.29, 1.82) is 0 Å². The van der Waals surface area contributed by atoms with Crippen LogP contribution >= 0.6 is 22.9 Å². The van der Waals surface area contributed by atoms with E-state index in [0.717, 1.165) is 11.3 Å². The maximum atomic E-state index is 12.4. The van der Waals surface area contributed by atoms with Crippen LogP contribution in [0.25, 0.3) is 0 Å². The van der Waals surface area contributed by atoms with Crippen molar-refractivity contribution < 1.29 is 24.0 Å². The van der Waals surface area contributed by atoms with Crippen molar-refractivity contribution in [2.24, 2.45) is 5.16 Å². The van der Waals surface area contributed by atoms with Crippen LogP contribution in [0.4, 0.5) is 5.13 Å². The van der Waals surface area contributed by atoms with E-state index in [1.165, 1.54) is 19.6 Å². The molecule has 0 saturated carbocycles. The molecule has 2 heterocycles. The quantitative estimate of drug-likeness (QED) is 0.189. The van der Waals surface area contributed by atoms with Crippen molar-refractivity contribution >= 4 is 51.5 Å². The lowest BCUT2D eigenvalue weighted by Gasteiger charge is -2.39. The third-order valence-electron chi connectivity index (χ3n) is 3.04. The molecule has 1 aromatic heterocycles. The Bertz CT molecular complexity index is 689. The number of nitrogens with zero attached hydrogens (tertiary/aromatic N) is 2. The fraction of sp³-hybridized carbons (Fsp3) is 0.417. The van der Waals surface area contributed by atoms with Crippen LogP contribution in [0, 0.1) is 0 Å². The summed E-state index contributed by atoms with van der Waals surface area (Å²) in [7, 11) is 2.56. The molecule has 0 aromatic carbocycles. The second-order valence-electron chi connectivity index (χ2n) is 4.51. The Kier molecular flexibility index (Phi) is 5.70. The molecule has 12 heteroatoms. The molecule has 0 aliphatic carbocycles. The molecule has 1 aromatic rings. The molecule has 0 spiro atoms.